The Kier molecular flexibility index (Phi) is 3.17. The normalized spacial score (nSPS) is 17.5. The molecule has 0 fully saturated rings. The van der Waals surface area contributed by atoms with Crippen LogP contribution < -0.4 is 15.2 Å². The summed E-state index contributed by atoms with van der Waals surface area (Å²) < 4.78 is 11.2. The van der Waals surface area contributed by atoms with Crippen molar-refractivity contribution in [3.63, 3.8) is 0 Å². The smallest absolute Gasteiger partial charge is 0.303 e. The summed E-state index contributed by atoms with van der Waals surface area (Å²) in [5.74, 6) is -0.156. The van der Waals surface area contributed by atoms with E-state index >= 15 is 0 Å². The third-order valence-corrected chi connectivity index (χ3v) is 2.78. The number of ether oxygens (including phenoxy) is 2. The first-order chi connectivity index (χ1) is 8.37. The maximum atomic E-state index is 10.5. The van der Waals surface area contributed by atoms with Crippen LogP contribution >= 0.6 is 0 Å². The van der Waals surface area contributed by atoms with Crippen molar-refractivity contribution in [2.24, 2.45) is 5.73 Å². The largest absolute Gasteiger partial charge is 0.481 e. The van der Waals surface area contributed by atoms with Crippen molar-refractivity contribution in [2.75, 3.05) is 0 Å². The molecule has 1 unspecified atom stereocenters. The van der Waals surface area contributed by atoms with Gasteiger partial charge in [0, 0.05) is 26.3 Å². The zero-order valence-electron chi connectivity index (χ0n) is 10.5. The Hall–Kier alpha value is -1.75. The van der Waals surface area contributed by atoms with E-state index in [-0.39, 0.29) is 12.5 Å². The molecule has 1 heterocycles. The summed E-state index contributed by atoms with van der Waals surface area (Å²) in [6, 6.07) is 5.16. The maximum absolute atomic E-state index is 10.5. The zero-order valence-corrected chi connectivity index (χ0v) is 10.5. The minimum Gasteiger partial charge on any atom is -0.481 e. The van der Waals surface area contributed by atoms with Gasteiger partial charge in [0.25, 0.3) is 0 Å². The average molecular weight is 251 g/mol. The van der Waals surface area contributed by atoms with Crippen LogP contribution in [-0.4, -0.2) is 16.9 Å². The van der Waals surface area contributed by atoms with E-state index < -0.39 is 11.8 Å². The molecule has 1 aliphatic rings. The summed E-state index contributed by atoms with van der Waals surface area (Å²) in [6.07, 6.45) is 0.458. The average Bonchev–Trinajstić information content (AvgIpc) is 2.58. The Morgan fingerprint density at radius 1 is 1.39 bits per heavy atom. The molecule has 98 valence electrons. The van der Waals surface area contributed by atoms with Crippen LogP contribution in [0.15, 0.2) is 18.2 Å². The molecule has 0 amide bonds. The molecule has 0 spiro atoms. The molecule has 0 radical (unpaired) electrons. The van der Waals surface area contributed by atoms with E-state index in [1.807, 2.05) is 26.0 Å². The van der Waals surface area contributed by atoms with Gasteiger partial charge in [0.05, 0.1) is 0 Å². The summed E-state index contributed by atoms with van der Waals surface area (Å²) >= 11 is 0. The molecule has 0 saturated heterocycles. The second kappa shape index (κ2) is 4.49. The third-order valence-electron chi connectivity index (χ3n) is 2.78. The first kappa shape index (κ1) is 12.7. The number of aliphatic carboxylic acids is 1. The fraction of sp³-hybridized carbons (Fsp3) is 0.462. The molecule has 18 heavy (non-hydrogen) atoms. The summed E-state index contributed by atoms with van der Waals surface area (Å²) in [4.78, 5) is 10.5. The highest BCUT2D eigenvalue weighted by molar-refractivity contribution is 5.66. The zero-order chi connectivity index (χ0) is 13.3. The lowest BCUT2D eigenvalue weighted by Crippen LogP contribution is -2.29. The van der Waals surface area contributed by atoms with Crippen LogP contribution in [-0.2, 0) is 4.79 Å². The lowest BCUT2D eigenvalue weighted by molar-refractivity contribution is -0.137. The summed E-state index contributed by atoms with van der Waals surface area (Å²) in [7, 11) is 0. The van der Waals surface area contributed by atoms with Gasteiger partial charge in [-0.2, -0.15) is 0 Å². The van der Waals surface area contributed by atoms with Gasteiger partial charge >= 0.3 is 5.97 Å². The Labute approximate surface area is 106 Å². The Balaban J connectivity index is 2.11. The van der Waals surface area contributed by atoms with Crippen molar-refractivity contribution >= 4 is 5.97 Å². The number of carbonyl (C=O) groups is 1. The number of carboxylic acids is 1. The topological polar surface area (TPSA) is 81.8 Å². The van der Waals surface area contributed by atoms with Gasteiger partial charge in [0.2, 0.25) is 5.79 Å². The Morgan fingerprint density at radius 2 is 2.06 bits per heavy atom. The molecule has 0 aromatic heterocycles. The lowest BCUT2D eigenvalue weighted by atomic mass is 10.0. The highest BCUT2D eigenvalue weighted by Crippen LogP contribution is 2.40. The molecule has 3 N–H and O–H groups in total. The number of rotatable bonds is 4. The molecule has 1 atom stereocenters. The standard InChI is InChI=1S/C13H17NO4/c1-13(2)17-10-5-3-8(7-11(10)18-13)9(14)4-6-12(15)16/h3,5,7,9H,4,6,14H2,1-2H3,(H,15,16). The summed E-state index contributed by atoms with van der Waals surface area (Å²) in [6.45, 7) is 3.66. The lowest BCUT2D eigenvalue weighted by Gasteiger charge is -2.16. The van der Waals surface area contributed by atoms with E-state index in [2.05, 4.69) is 0 Å². The number of fused-ring (bicyclic) bond motifs is 1. The number of hydrogen-bond donors (Lipinski definition) is 2. The predicted octanol–water partition coefficient (Wildman–Crippen LogP) is 2.06. The molecule has 0 bridgehead atoms. The fourth-order valence-corrected chi connectivity index (χ4v) is 1.92. The van der Waals surface area contributed by atoms with Gasteiger partial charge < -0.3 is 20.3 Å². The first-order valence-corrected chi connectivity index (χ1v) is 5.87. The molecule has 0 aliphatic carbocycles. The second-order valence-electron chi connectivity index (χ2n) is 4.85. The van der Waals surface area contributed by atoms with Gasteiger partial charge in [0.15, 0.2) is 11.5 Å². The molecule has 1 aliphatic heterocycles. The molecule has 5 nitrogen and oxygen atoms in total. The van der Waals surface area contributed by atoms with E-state index in [1.165, 1.54) is 0 Å². The van der Waals surface area contributed by atoms with E-state index in [1.54, 1.807) is 6.07 Å². The minimum absolute atomic E-state index is 0.0566. The van der Waals surface area contributed by atoms with Crippen LogP contribution in [0.2, 0.25) is 0 Å². The van der Waals surface area contributed by atoms with E-state index in [4.69, 9.17) is 20.3 Å². The van der Waals surface area contributed by atoms with E-state index in [0.717, 1.165) is 5.56 Å². The van der Waals surface area contributed by atoms with Gasteiger partial charge in [0.1, 0.15) is 0 Å². The summed E-state index contributed by atoms with van der Waals surface area (Å²) in [5.41, 5.74) is 6.80. The Bertz CT molecular complexity index is 470. The van der Waals surface area contributed by atoms with Gasteiger partial charge in [-0.25, -0.2) is 0 Å². The second-order valence-corrected chi connectivity index (χ2v) is 4.85. The molecule has 1 aromatic carbocycles. The van der Waals surface area contributed by atoms with Crippen LogP contribution in [0.4, 0.5) is 0 Å². The van der Waals surface area contributed by atoms with Crippen molar-refractivity contribution in [3.05, 3.63) is 23.8 Å². The number of hydrogen-bond acceptors (Lipinski definition) is 4. The van der Waals surface area contributed by atoms with Crippen LogP contribution in [0.1, 0.15) is 38.3 Å². The molecule has 5 heteroatoms. The SMILES string of the molecule is CC1(C)Oc2ccc(C(N)CCC(=O)O)cc2O1. The quantitative estimate of drug-likeness (QED) is 0.856. The molecule has 2 rings (SSSR count). The highest BCUT2D eigenvalue weighted by atomic mass is 16.7. The van der Waals surface area contributed by atoms with Crippen LogP contribution in [0.5, 0.6) is 11.5 Å². The van der Waals surface area contributed by atoms with Crippen molar-refractivity contribution < 1.29 is 19.4 Å². The monoisotopic (exact) mass is 251 g/mol. The van der Waals surface area contributed by atoms with Gasteiger partial charge in [-0.1, -0.05) is 6.07 Å². The third kappa shape index (κ3) is 2.73. The van der Waals surface area contributed by atoms with Crippen molar-refractivity contribution in [2.45, 2.75) is 38.5 Å². The van der Waals surface area contributed by atoms with Crippen molar-refractivity contribution in [1.29, 1.82) is 0 Å². The first-order valence-electron chi connectivity index (χ1n) is 5.87. The number of nitrogens with two attached hydrogens (primary N) is 1. The molecular weight excluding hydrogens is 234 g/mol. The maximum Gasteiger partial charge on any atom is 0.303 e. The van der Waals surface area contributed by atoms with Crippen LogP contribution in [0.3, 0.4) is 0 Å². The van der Waals surface area contributed by atoms with Gasteiger partial charge in [-0.05, 0) is 24.1 Å². The number of benzene rings is 1. The predicted molar refractivity (Wildman–Crippen MR) is 65.6 cm³/mol. The van der Waals surface area contributed by atoms with Gasteiger partial charge in [-0.15, -0.1) is 0 Å². The highest BCUT2D eigenvalue weighted by Gasteiger charge is 2.31. The van der Waals surface area contributed by atoms with Crippen LogP contribution in [0.25, 0.3) is 0 Å². The Morgan fingerprint density at radius 3 is 2.72 bits per heavy atom. The molecule has 1 aromatic rings. The van der Waals surface area contributed by atoms with Crippen LogP contribution in [0, 0.1) is 0 Å². The minimum atomic E-state index is -0.840. The summed E-state index contributed by atoms with van der Waals surface area (Å²) in [5, 5.41) is 8.63. The fourth-order valence-electron chi connectivity index (χ4n) is 1.92. The number of carboxylic acid groups (broad SMARTS) is 1. The van der Waals surface area contributed by atoms with E-state index in [0.29, 0.717) is 17.9 Å². The van der Waals surface area contributed by atoms with E-state index in [9.17, 15) is 4.79 Å². The van der Waals surface area contributed by atoms with Gasteiger partial charge in [-0.3, -0.25) is 4.79 Å². The van der Waals surface area contributed by atoms with Crippen molar-refractivity contribution in [3.8, 4) is 11.5 Å². The van der Waals surface area contributed by atoms with Crippen molar-refractivity contribution in [1.82, 2.24) is 0 Å². The molecular formula is C13H17NO4. The molecule has 0 saturated carbocycles.